The van der Waals surface area contributed by atoms with E-state index >= 15 is 0 Å². The van der Waals surface area contributed by atoms with Gasteiger partial charge in [-0.05, 0) is 42.5 Å². The summed E-state index contributed by atoms with van der Waals surface area (Å²) in [4.78, 5) is 14.7. The molecule has 0 aliphatic carbocycles. The first-order valence-electron chi connectivity index (χ1n) is 7.27. The number of amides is 1. The SMILES string of the molecule is COc1ccc2[nH]c(O)c(N=NC(=O)c3ccc(S(N)(=O)=O)cc3)c2c1. The molecular weight excluding hydrogens is 360 g/mol. The highest BCUT2D eigenvalue weighted by Gasteiger charge is 2.13. The third-order valence-electron chi connectivity index (χ3n) is 3.63. The van der Waals surface area contributed by atoms with Gasteiger partial charge in [0.15, 0.2) is 5.69 Å². The number of carbonyl (C=O) groups excluding carboxylic acids is 1. The number of ether oxygens (including phenoxy) is 1. The van der Waals surface area contributed by atoms with Crippen LogP contribution >= 0.6 is 0 Å². The van der Waals surface area contributed by atoms with E-state index in [0.29, 0.717) is 16.7 Å². The van der Waals surface area contributed by atoms with Crippen molar-refractivity contribution in [3.05, 3.63) is 48.0 Å². The fourth-order valence-electron chi connectivity index (χ4n) is 2.31. The first-order chi connectivity index (χ1) is 12.3. The molecule has 0 radical (unpaired) electrons. The second-order valence-corrected chi connectivity index (χ2v) is 6.87. The van der Waals surface area contributed by atoms with Gasteiger partial charge in [0, 0.05) is 10.9 Å². The molecule has 0 aliphatic heterocycles. The second-order valence-electron chi connectivity index (χ2n) is 5.31. The number of aromatic hydroxyl groups is 1. The summed E-state index contributed by atoms with van der Waals surface area (Å²) in [5.41, 5.74) is 0.814. The number of azo groups is 1. The van der Waals surface area contributed by atoms with Crippen LogP contribution in [0.15, 0.2) is 57.6 Å². The van der Waals surface area contributed by atoms with Crippen LogP contribution in [0.1, 0.15) is 10.4 Å². The van der Waals surface area contributed by atoms with Gasteiger partial charge in [-0.2, -0.15) is 0 Å². The minimum atomic E-state index is -3.84. The van der Waals surface area contributed by atoms with Crippen molar-refractivity contribution >= 4 is 32.5 Å². The number of nitrogens with two attached hydrogens (primary N) is 1. The third-order valence-corrected chi connectivity index (χ3v) is 4.56. The van der Waals surface area contributed by atoms with Gasteiger partial charge in [0.25, 0.3) is 5.91 Å². The molecule has 0 spiro atoms. The molecule has 4 N–H and O–H groups in total. The highest BCUT2D eigenvalue weighted by molar-refractivity contribution is 7.89. The van der Waals surface area contributed by atoms with Gasteiger partial charge < -0.3 is 14.8 Å². The highest BCUT2D eigenvalue weighted by atomic mass is 32.2. The normalized spacial score (nSPS) is 11.9. The Kier molecular flexibility index (Phi) is 4.45. The number of aromatic amines is 1. The van der Waals surface area contributed by atoms with E-state index < -0.39 is 15.9 Å². The predicted molar refractivity (Wildman–Crippen MR) is 93.2 cm³/mol. The van der Waals surface area contributed by atoms with Crippen molar-refractivity contribution in [1.29, 1.82) is 0 Å². The van der Waals surface area contributed by atoms with Crippen molar-refractivity contribution in [3.8, 4) is 11.6 Å². The van der Waals surface area contributed by atoms with E-state index in [2.05, 4.69) is 15.2 Å². The summed E-state index contributed by atoms with van der Waals surface area (Å²) < 4.78 is 27.6. The van der Waals surface area contributed by atoms with Crippen LogP contribution in [0, 0.1) is 0 Å². The van der Waals surface area contributed by atoms with Crippen molar-refractivity contribution in [2.75, 3.05) is 7.11 Å². The molecule has 9 nitrogen and oxygen atoms in total. The number of nitrogens with zero attached hydrogens (tertiary/aromatic N) is 2. The third kappa shape index (κ3) is 3.41. The largest absolute Gasteiger partial charge is 0.497 e. The number of primary sulfonamides is 1. The zero-order chi connectivity index (χ0) is 18.9. The number of methoxy groups -OCH3 is 1. The Morgan fingerprint density at radius 2 is 1.88 bits per heavy atom. The number of carbonyl (C=O) groups is 1. The van der Waals surface area contributed by atoms with Gasteiger partial charge in [0.05, 0.1) is 17.5 Å². The molecule has 0 saturated heterocycles. The smallest absolute Gasteiger partial charge is 0.295 e. The average molecular weight is 374 g/mol. The highest BCUT2D eigenvalue weighted by Crippen LogP contribution is 2.37. The van der Waals surface area contributed by atoms with E-state index in [1.165, 1.54) is 31.4 Å². The zero-order valence-corrected chi connectivity index (χ0v) is 14.3. The maximum atomic E-state index is 12.1. The fraction of sp³-hybridized carbons (Fsp3) is 0.0625. The molecule has 1 amide bonds. The molecule has 10 heteroatoms. The Bertz CT molecular complexity index is 1120. The fourth-order valence-corrected chi connectivity index (χ4v) is 2.83. The van der Waals surface area contributed by atoms with Crippen molar-refractivity contribution in [2.24, 2.45) is 15.4 Å². The number of H-pyrrole nitrogens is 1. The minimum Gasteiger partial charge on any atom is -0.497 e. The van der Waals surface area contributed by atoms with Crippen molar-refractivity contribution < 1.29 is 23.1 Å². The Balaban J connectivity index is 1.91. The first-order valence-corrected chi connectivity index (χ1v) is 8.82. The zero-order valence-electron chi connectivity index (χ0n) is 13.5. The van der Waals surface area contributed by atoms with E-state index in [0.717, 1.165) is 0 Å². The lowest BCUT2D eigenvalue weighted by Crippen LogP contribution is -2.12. The molecule has 0 aliphatic rings. The van der Waals surface area contributed by atoms with Gasteiger partial charge >= 0.3 is 0 Å². The number of fused-ring (bicyclic) bond motifs is 1. The molecule has 134 valence electrons. The molecule has 0 atom stereocenters. The van der Waals surface area contributed by atoms with E-state index in [1.807, 2.05) is 0 Å². The number of rotatable bonds is 4. The summed E-state index contributed by atoms with van der Waals surface area (Å²) in [7, 11) is -2.34. The second kappa shape index (κ2) is 6.58. The first kappa shape index (κ1) is 17.6. The number of benzene rings is 2. The molecule has 0 fully saturated rings. The van der Waals surface area contributed by atoms with Crippen LogP contribution in [0.5, 0.6) is 11.6 Å². The van der Waals surface area contributed by atoms with E-state index in [-0.39, 0.29) is 22.0 Å². The van der Waals surface area contributed by atoms with Crippen LogP contribution < -0.4 is 9.88 Å². The molecule has 26 heavy (non-hydrogen) atoms. The van der Waals surface area contributed by atoms with E-state index in [1.54, 1.807) is 18.2 Å². The Hall–Kier alpha value is -3.24. The standard InChI is InChI=1S/C16H14N4O5S/c1-25-10-4-7-13-12(8-10)14(16(22)18-13)19-20-15(21)9-2-5-11(6-3-9)26(17,23)24/h2-8,18,22H,1H3,(H2,17,23,24). The number of sulfonamides is 1. The maximum absolute atomic E-state index is 12.1. The summed E-state index contributed by atoms with van der Waals surface area (Å²) in [5.74, 6) is -0.394. The van der Waals surface area contributed by atoms with Crippen molar-refractivity contribution in [2.45, 2.75) is 4.90 Å². The van der Waals surface area contributed by atoms with E-state index in [4.69, 9.17) is 9.88 Å². The molecular formula is C16H14N4O5S. The molecule has 1 aromatic heterocycles. The van der Waals surface area contributed by atoms with Gasteiger partial charge in [-0.3, -0.25) is 4.79 Å². The summed E-state index contributed by atoms with van der Waals surface area (Å²) in [5, 5.41) is 22.9. The van der Waals surface area contributed by atoms with E-state index in [9.17, 15) is 18.3 Å². The van der Waals surface area contributed by atoms with Crippen LogP contribution in [-0.4, -0.2) is 31.5 Å². The molecule has 3 aromatic rings. The Morgan fingerprint density at radius 1 is 1.19 bits per heavy atom. The summed E-state index contributed by atoms with van der Waals surface area (Å²) in [6.07, 6.45) is 0. The maximum Gasteiger partial charge on any atom is 0.295 e. The molecule has 0 saturated carbocycles. The lowest BCUT2D eigenvalue weighted by Gasteiger charge is -1.99. The quantitative estimate of drug-likeness (QED) is 0.600. The summed E-state index contributed by atoms with van der Waals surface area (Å²) in [6, 6.07) is 10.0. The Labute approximate surface area is 148 Å². The lowest BCUT2D eigenvalue weighted by molar-refractivity contribution is 0.0995. The minimum absolute atomic E-state index is 0.0911. The van der Waals surface area contributed by atoms with Gasteiger partial charge in [-0.15, -0.1) is 10.2 Å². The van der Waals surface area contributed by atoms with Gasteiger partial charge in [-0.1, -0.05) is 0 Å². The van der Waals surface area contributed by atoms with Crippen LogP contribution in [0.3, 0.4) is 0 Å². The molecule has 1 heterocycles. The average Bonchev–Trinajstić information content (AvgIpc) is 2.93. The van der Waals surface area contributed by atoms with Gasteiger partial charge in [-0.25, -0.2) is 13.6 Å². The number of nitrogens with one attached hydrogen (secondary N) is 1. The summed E-state index contributed by atoms with van der Waals surface area (Å²) in [6.45, 7) is 0. The van der Waals surface area contributed by atoms with Crippen LogP contribution in [0.2, 0.25) is 0 Å². The van der Waals surface area contributed by atoms with Crippen LogP contribution in [0.4, 0.5) is 5.69 Å². The van der Waals surface area contributed by atoms with Crippen LogP contribution in [-0.2, 0) is 10.0 Å². The Morgan fingerprint density at radius 3 is 2.50 bits per heavy atom. The molecule has 2 aromatic carbocycles. The van der Waals surface area contributed by atoms with Crippen LogP contribution in [0.25, 0.3) is 10.9 Å². The number of hydrogen-bond acceptors (Lipinski definition) is 6. The van der Waals surface area contributed by atoms with Gasteiger partial charge in [0.2, 0.25) is 15.9 Å². The topological polar surface area (TPSA) is 147 Å². The molecule has 3 rings (SSSR count). The van der Waals surface area contributed by atoms with Crippen molar-refractivity contribution in [3.63, 3.8) is 0 Å². The predicted octanol–water partition coefficient (Wildman–Crippen LogP) is 2.45. The summed E-state index contributed by atoms with van der Waals surface area (Å²) >= 11 is 0. The van der Waals surface area contributed by atoms with Crippen molar-refractivity contribution in [1.82, 2.24) is 4.98 Å². The lowest BCUT2D eigenvalue weighted by atomic mass is 10.2. The van der Waals surface area contributed by atoms with Gasteiger partial charge in [0.1, 0.15) is 5.75 Å². The number of hydrogen-bond donors (Lipinski definition) is 3. The molecule has 0 unspecified atom stereocenters. The molecule has 0 bridgehead atoms. The monoisotopic (exact) mass is 374 g/mol. The number of aromatic nitrogens is 1.